The number of nitrogens with one attached hydrogen (secondary N) is 3. The molecular weight excluding hydrogens is 458 g/mol. The highest BCUT2D eigenvalue weighted by atomic mass is 32.2. The van der Waals surface area contributed by atoms with E-state index in [2.05, 4.69) is 15.0 Å². The number of amides is 1. The van der Waals surface area contributed by atoms with Crippen LogP contribution >= 0.6 is 0 Å². The van der Waals surface area contributed by atoms with Gasteiger partial charge in [-0.25, -0.2) is 8.42 Å². The van der Waals surface area contributed by atoms with Crippen molar-refractivity contribution in [3.8, 4) is 0 Å². The molecule has 4 aliphatic carbocycles. The number of para-hydroxylation sites is 1. The predicted molar refractivity (Wildman–Crippen MR) is 139 cm³/mol. The fourth-order valence-electron chi connectivity index (χ4n) is 7.31. The molecule has 1 aromatic heterocycles. The fourth-order valence-corrected chi connectivity index (χ4v) is 8.65. The molecule has 4 bridgehead atoms. The lowest BCUT2D eigenvalue weighted by Gasteiger charge is -2.57. The molecule has 0 saturated heterocycles. The summed E-state index contributed by atoms with van der Waals surface area (Å²) in [7, 11) is -3.99. The zero-order chi connectivity index (χ0) is 24.2. The predicted octanol–water partition coefficient (Wildman–Crippen LogP) is 4.91. The van der Waals surface area contributed by atoms with E-state index in [0.29, 0.717) is 23.4 Å². The maximum absolute atomic E-state index is 13.8. The highest BCUT2D eigenvalue weighted by Crippen LogP contribution is 2.55. The first-order valence-corrected chi connectivity index (χ1v) is 14.3. The van der Waals surface area contributed by atoms with E-state index in [9.17, 15) is 13.2 Å². The summed E-state index contributed by atoms with van der Waals surface area (Å²) in [6.07, 6.45) is 8.69. The third kappa shape index (κ3) is 4.35. The van der Waals surface area contributed by atoms with E-state index in [4.69, 9.17) is 0 Å². The first kappa shape index (κ1) is 22.7. The number of carbonyl (C=O) groups excluding carboxylic acids is 1. The standard InChI is InChI=1S/C28H33N3O3S/c1-18-6-8-23(9-7-18)31-35(33,34)26(13-22-17-29-25-5-3-2-4-24(22)25)27(32)30-28-14-19-10-20(15-28)12-21(11-19)16-28/h2-9,17,19-21,26,29,31H,10-16H2,1H3,(H,30,32)/t19?,20?,21?,26-,28?/m0/s1. The normalized spacial score (nSPS) is 28.2. The molecule has 4 saturated carbocycles. The maximum atomic E-state index is 13.8. The van der Waals surface area contributed by atoms with Gasteiger partial charge in [0.05, 0.1) is 0 Å². The van der Waals surface area contributed by atoms with Gasteiger partial charge in [0.25, 0.3) is 0 Å². The Balaban J connectivity index is 1.31. The van der Waals surface area contributed by atoms with E-state index in [1.807, 2.05) is 49.5 Å². The van der Waals surface area contributed by atoms with Crippen molar-refractivity contribution in [2.75, 3.05) is 4.72 Å². The minimum Gasteiger partial charge on any atom is -0.361 e. The van der Waals surface area contributed by atoms with Crippen LogP contribution in [0.15, 0.2) is 54.7 Å². The molecule has 0 radical (unpaired) electrons. The summed E-state index contributed by atoms with van der Waals surface area (Å²) < 4.78 is 30.1. The monoisotopic (exact) mass is 491 g/mol. The third-order valence-electron chi connectivity index (χ3n) is 8.49. The summed E-state index contributed by atoms with van der Waals surface area (Å²) in [6.45, 7) is 1.96. The SMILES string of the molecule is Cc1ccc(NS(=O)(=O)[C@@H](Cc2c[nH]c3ccccc23)C(=O)NC23CC4CC(CC(C4)C2)C3)cc1. The zero-order valence-corrected chi connectivity index (χ0v) is 20.9. The van der Waals surface area contributed by atoms with E-state index in [1.165, 1.54) is 19.3 Å². The van der Waals surface area contributed by atoms with Gasteiger partial charge in [-0.05, 0) is 87.0 Å². The number of rotatable bonds is 7. The van der Waals surface area contributed by atoms with Crippen LogP contribution in [0.25, 0.3) is 10.9 Å². The molecule has 3 aromatic rings. The summed E-state index contributed by atoms with van der Waals surface area (Å²) in [5.74, 6) is 1.61. The molecule has 4 fully saturated rings. The zero-order valence-electron chi connectivity index (χ0n) is 20.1. The molecule has 35 heavy (non-hydrogen) atoms. The number of carbonyl (C=O) groups is 1. The van der Waals surface area contributed by atoms with Crippen molar-refractivity contribution in [1.82, 2.24) is 10.3 Å². The summed E-state index contributed by atoms with van der Waals surface area (Å²) in [5.41, 5.74) is 3.04. The van der Waals surface area contributed by atoms with Crippen LogP contribution in [0.1, 0.15) is 49.7 Å². The Labute approximate surface area is 206 Å². The van der Waals surface area contributed by atoms with E-state index in [1.54, 1.807) is 12.1 Å². The summed E-state index contributed by atoms with van der Waals surface area (Å²) in [4.78, 5) is 17.1. The molecule has 7 heteroatoms. The Hall–Kier alpha value is -2.80. The quantitative estimate of drug-likeness (QED) is 0.438. The highest BCUT2D eigenvalue weighted by molar-refractivity contribution is 7.94. The molecule has 184 valence electrons. The van der Waals surface area contributed by atoms with Gasteiger partial charge in [-0.1, -0.05) is 35.9 Å². The molecule has 0 spiro atoms. The number of benzene rings is 2. The fraction of sp³-hybridized carbons (Fsp3) is 0.464. The van der Waals surface area contributed by atoms with Crippen molar-refractivity contribution in [3.63, 3.8) is 0 Å². The van der Waals surface area contributed by atoms with Crippen LogP contribution in [0.5, 0.6) is 0 Å². The van der Waals surface area contributed by atoms with Crippen molar-refractivity contribution >= 4 is 32.5 Å². The molecule has 6 nitrogen and oxygen atoms in total. The Morgan fingerprint density at radius 3 is 2.29 bits per heavy atom. The molecule has 3 N–H and O–H groups in total. The number of sulfonamides is 1. The lowest BCUT2D eigenvalue weighted by atomic mass is 9.53. The molecule has 0 unspecified atom stereocenters. The molecular formula is C28H33N3O3S. The van der Waals surface area contributed by atoms with Gasteiger partial charge in [-0.15, -0.1) is 0 Å². The van der Waals surface area contributed by atoms with Gasteiger partial charge >= 0.3 is 0 Å². The van der Waals surface area contributed by atoms with E-state index >= 15 is 0 Å². The van der Waals surface area contributed by atoms with E-state index in [-0.39, 0.29) is 17.9 Å². The Kier molecular flexibility index (Phi) is 5.44. The van der Waals surface area contributed by atoms with Gasteiger partial charge in [-0.2, -0.15) is 0 Å². The first-order valence-electron chi connectivity index (χ1n) is 12.7. The van der Waals surface area contributed by atoms with E-state index in [0.717, 1.165) is 41.3 Å². The minimum absolute atomic E-state index is 0.114. The van der Waals surface area contributed by atoms with E-state index < -0.39 is 15.3 Å². The number of aromatic amines is 1. The minimum atomic E-state index is -3.99. The van der Waals surface area contributed by atoms with Gasteiger partial charge < -0.3 is 10.3 Å². The smallest absolute Gasteiger partial charge is 0.245 e. The average Bonchev–Trinajstić information content (AvgIpc) is 3.20. The number of aryl methyl sites for hydroxylation is 1. The largest absolute Gasteiger partial charge is 0.361 e. The van der Waals surface area contributed by atoms with Crippen LogP contribution in [-0.4, -0.2) is 30.1 Å². The number of fused-ring (bicyclic) bond motifs is 1. The number of anilines is 1. The third-order valence-corrected chi connectivity index (χ3v) is 10.1. The lowest BCUT2D eigenvalue weighted by Crippen LogP contribution is -2.62. The Morgan fingerprint density at radius 1 is 1.00 bits per heavy atom. The summed E-state index contributed by atoms with van der Waals surface area (Å²) >= 11 is 0. The van der Waals surface area contributed by atoms with Crippen LogP contribution in [0.4, 0.5) is 5.69 Å². The number of H-pyrrole nitrogens is 1. The topological polar surface area (TPSA) is 91.1 Å². The molecule has 0 aliphatic heterocycles. The van der Waals surface area contributed by atoms with Crippen molar-refractivity contribution in [1.29, 1.82) is 0 Å². The van der Waals surface area contributed by atoms with Gasteiger partial charge in [0, 0.05) is 34.7 Å². The van der Waals surface area contributed by atoms with Crippen molar-refractivity contribution in [2.45, 2.75) is 62.7 Å². The number of hydrogen-bond acceptors (Lipinski definition) is 3. The lowest BCUT2D eigenvalue weighted by molar-refractivity contribution is -0.126. The Morgan fingerprint density at radius 2 is 1.63 bits per heavy atom. The summed E-state index contributed by atoms with van der Waals surface area (Å²) in [6, 6.07) is 15.0. The molecule has 7 rings (SSSR count). The second-order valence-electron chi connectivity index (χ2n) is 11.3. The molecule has 1 atom stereocenters. The highest BCUT2D eigenvalue weighted by Gasteiger charge is 2.52. The van der Waals surface area contributed by atoms with Crippen LogP contribution in [-0.2, 0) is 21.2 Å². The molecule has 4 aliphatic rings. The Bertz CT molecular complexity index is 1320. The first-order chi connectivity index (χ1) is 16.8. The van der Waals surface area contributed by atoms with Crippen molar-refractivity contribution in [2.24, 2.45) is 17.8 Å². The van der Waals surface area contributed by atoms with Gasteiger partial charge in [0.15, 0.2) is 5.25 Å². The van der Waals surface area contributed by atoms with Gasteiger partial charge in [-0.3, -0.25) is 9.52 Å². The van der Waals surface area contributed by atoms with Crippen molar-refractivity contribution in [3.05, 3.63) is 65.9 Å². The second kappa shape index (κ2) is 8.40. The molecule has 2 aromatic carbocycles. The van der Waals surface area contributed by atoms with Crippen LogP contribution < -0.4 is 10.0 Å². The van der Waals surface area contributed by atoms with Gasteiger partial charge in [0.1, 0.15) is 0 Å². The molecule has 1 heterocycles. The van der Waals surface area contributed by atoms with Crippen LogP contribution in [0.3, 0.4) is 0 Å². The van der Waals surface area contributed by atoms with Crippen molar-refractivity contribution < 1.29 is 13.2 Å². The average molecular weight is 492 g/mol. The van der Waals surface area contributed by atoms with Crippen LogP contribution in [0, 0.1) is 24.7 Å². The molecule has 1 amide bonds. The van der Waals surface area contributed by atoms with Crippen LogP contribution in [0.2, 0.25) is 0 Å². The summed E-state index contributed by atoms with van der Waals surface area (Å²) in [5, 5.41) is 3.04. The number of aromatic nitrogens is 1. The maximum Gasteiger partial charge on any atom is 0.245 e. The second-order valence-corrected chi connectivity index (χ2v) is 13.1. The van der Waals surface area contributed by atoms with Gasteiger partial charge in [0.2, 0.25) is 15.9 Å². The number of hydrogen-bond donors (Lipinski definition) is 3.